The van der Waals surface area contributed by atoms with Crippen LogP contribution in [0.5, 0.6) is 0 Å². The van der Waals surface area contributed by atoms with Crippen molar-refractivity contribution >= 4 is 12.0 Å². The fourth-order valence-electron chi connectivity index (χ4n) is 3.80. The van der Waals surface area contributed by atoms with Crippen LogP contribution in [0, 0.1) is 5.92 Å². The Morgan fingerprint density at radius 3 is 2.83 bits per heavy atom. The van der Waals surface area contributed by atoms with Crippen LogP contribution in [0.1, 0.15) is 47.3 Å². The molecule has 5 heteroatoms. The van der Waals surface area contributed by atoms with Crippen LogP contribution >= 0.6 is 0 Å². The number of carbonyl (C=O) groups is 1. The van der Waals surface area contributed by atoms with Gasteiger partial charge in [-0.1, -0.05) is 12.8 Å². The topological polar surface area (TPSA) is 62.7 Å². The van der Waals surface area contributed by atoms with Crippen molar-refractivity contribution in [2.75, 3.05) is 27.2 Å². The molecule has 0 bridgehead atoms. The Morgan fingerprint density at radius 2 is 2.17 bits per heavy atom. The van der Waals surface area contributed by atoms with Gasteiger partial charge in [-0.05, 0) is 62.6 Å². The van der Waals surface area contributed by atoms with E-state index in [9.17, 15) is 9.90 Å². The van der Waals surface area contributed by atoms with Crippen LogP contribution in [-0.4, -0.2) is 54.3 Å². The van der Waals surface area contributed by atoms with E-state index in [0.717, 1.165) is 17.8 Å². The van der Waals surface area contributed by atoms with Crippen molar-refractivity contribution in [3.05, 3.63) is 34.7 Å². The van der Waals surface area contributed by atoms with E-state index in [0.29, 0.717) is 24.5 Å². The summed E-state index contributed by atoms with van der Waals surface area (Å²) in [6.45, 7) is 1.59. The summed E-state index contributed by atoms with van der Waals surface area (Å²) < 4.78 is 6.27. The highest BCUT2D eigenvalue weighted by Crippen LogP contribution is 2.37. The Hall–Kier alpha value is -1.72. The summed E-state index contributed by atoms with van der Waals surface area (Å²) in [6.07, 6.45) is 9.28. The van der Waals surface area contributed by atoms with Crippen LogP contribution < -0.4 is 0 Å². The molecule has 0 saturated heterocycles. The lowest BCUT2D eigenvalue weighted by atomic mass is 9.92. The first-order chi connectivity index (χ1) is 11.6. The van der Waals surface area contributed by atoms with Crippen LogP contribution in [0.4, 0.5) is 0 Å². The van der Waals surface area contributed by atoms with E-state index in [-0.39, 0.29) is 6.10 Å². The van der Waals surface area contributed by atoms with Crippen molar-refractivity contribution in [2.24, 2.45) is 5.92 Å². The largest absolute Gasteiger partial charge is 0.478 e. The number of ether oxygens (including phenoxy) is 1. The van der Waals surface area contributed by atoms with Gasteiger partial charge in [0.15, 0.2) is 0 Å². The molecule has 0 radical (unpaired) electrons. The zero-order valence-electron chi connectivity index (χ0n) is 14.5. The molecule has 0 aliphatic heterocycles. The third-order valence-electron chi connectivity index (χ3n) is 5.05. The lowest BCUT2D eigenvalue weighted by Gasteiger charge is -2.26. The number of likely N-dealkylation sites (N-methyl/N-ethyl adjacent to an activating group) is 1. The van der Waals surface area contributed by atoms with Crippen molar-refractivity contribution in [1.29, 1.82) is 0 Å². The van der Waals surface area contributed by atoms with Gasteiger partial charge in [-0.25, -0.2) is 4.79 Å². The highest BCUT2D eigenvalue weighted by molar-refractivity contribution is 5.91. The van der Waals surface area contributed by atoms with Crippen molar-refractivity contribution in [2.45, 2.75) is 38.2 Å². The average Bonchev–Trinajstić information content (AvgIpc) is 3.19. The van der Waals surface area contributed by atoms with Gasteiger partial charge in [0.1, 0.15) is 0 Å². The number of pyridine rings is 1. The summed E-state index contributed by atoms with van der Waals surface area (Å²) in [5.74, 6) is -0.338. The second-order valence-electron chi connectivity index (χ2n) is 7.06. The van der Waals surface area contributed by atoms with E-state index in [1.165, 1.54) is 31.3 Å². The molecular weight excluding hydrogens is 304 g/mol. The second kappa shape index (κ2) is 7.45. The van der Waals surface area contributed by atoms with E-state index in [2.05, 4.69) is 16.0 Å². The quantitative estimate of drug-likeness (QED) is 0.833. The van der Waals surface area contributed by atoms with Gasteiger partial charge in [0.25, 0.3) is 0 Å². The third-order valence-corrected chi connectivity index (χ3v) is 5.05. The number of hydrogen-bond acceptors (Lipinski definition) is 4. The highest BCUT2D eigenvalue weighted by atomic mass is 16.5. The summed E-state index contributed by atoms with van der Waals surface area (Å²) >= 11 is 0. The summed E-state index contributed by atoms with van der Waals surface area (Å²) in [6, 6.07) is 1.59. The van der Waals surface area contributed by atoms with E-state index in [1.807, 2.05) is 14.1 Å². The molecule has 2 aliphatic carbocycles. The van der Waals surface area contributed by atoms with Gasteiger partial charge in [-0.3, -0.25) is 4.98 Å². The van der Waals surface area contributed by atoms with Crippen molar-refractivity contribution in [3.8, 4) is 0 Å². The predicted molar refractivity (Wildman–Crippen MR) is 93.1 cm³/mol. The van der Waals surface area contributed by atoms with Crippen molar-refractivity contribution < 1.29 is 14.6 Å². The summed E-state index contributed by atoms with van der Waals surface area (Å²) in [4.78, 5) is 17.9. The summed E-state index contributed by atoms with van der Waals surface area (Å²) in [5, 5.41) is 9.40. The molecule has 1 N–H and O–H groups in total. The minimum Gasteiger partial charge on any atom is -0.478 e. The maximum absolute atomic E-state index is 11.5. The molecule has 1 heterocycles. The maximum Gasteiger partial charge on any atom is 0.336 e. The Bertz CT molecular complexity index is 633. The summed E-state index contributed by atoms with van der Waals surface area (Å²) in [7, 11) is 4.09. The minimum atomic E-state index is -0.880. The SMILES string of the molecule is CN(C)CCOC(C1=Cc2nccc(C(=O)O)c2C1)C1CCCC1. The highest BCUT2D eigenvalue weighted by Gasteiger charge is 2.32. The average molecular weight is 330 g/mol. The number of nitrogens with zero attached hydrogens (tertiary/aromatic N) is 2. The van der Waals surface area contributed by atoms with Crippen molar-refractivity contribution in [3.63, 3.8) is 0 Å². The Kier molecular flexibility index (Phi) is 5.31. The number of hydrogen-bond donors (Lipinski definition) is 1. The molecule has 2 aliphatic rings. The number of aromatic nitrogens is 1. The zero-order chi connectivity index (χ0) is 17.1. The van der Waals surface area contributed by atoms with Crippen molar-refractivity contribution in [1.82, 2.24) is 9.88 Å². The molecule has 5 nitrogen and oxygen atoms in total. The first kappa shape index (κ1) is 17.1. The molecule has 1 aromatic rings. The molecule has 0 spiro atoms. The molecule has 0 amide bonds. The van der Waals surface area contributed by atoms with Gasteiger partial charge in [-0.2, -0.15) is 0 Å². The van der Waals surface area contributed by atoms with Gasteiger partial charge in [0, 0.05) is 12.7 Å². The molecular formula is C19H26N2O3. The second-order valence-corrected chi connectivity index (χ2v) is 7.06. The van der Waals surface area contributed by atoms with E-state index < -0.39 is 5.97 Å². The minimum absolute atomic E-state index is 0.0864. The molecule has 24 heavy (non-hydrogen) atoms. The fraction of sp³-hybridized carbons (Fsp3) is 0.579. The van der Waals surface area contributed by atoms with E-state index >= 15 is 0 Å². The van der Waals surface area contributed by atoms with Crippen LogP contribution in [0.25, 0.3) is 6.08 Å². The first-order valence-electron chi connectivity index (χ1n) is 8.74. The van der Waals surface area contributed by atoms with Gasteiger partial charge >= 0.3 is 5.97 Å². The van der Waals surface area contributed by atoms with Crippen LogP contribution in [0.15, 0.2) is 17.8 Å². The Balaban J connectivity index is 1.78. The monoisotopic (exact) mass is 330 g/mol. The molecule has 1 saturated carbocycles. The van der Waals surface area contributed by atoms with Crippen LogP contribution in [-0.2, 0) is 11.2 Å². The Labute approximate surface area is 143 Å². The van der Waals surface area contributed by atoms with Crippen LogP contribution in [0.2, 0.25) is 0 Å². The fourth-order valence-corrected chi connectivity index (χ4v) is 3.80. The molecule has 1 fully saturated rings. The number of aromatic carboxylic acids is 1. The zero-order valence-corrected chi connectivity index (χ0v) is 14.5. The third kappa shape index (κ3) is 3.68. The number of fused-ring (bicyclic) bond motifs is 1. The first-order valence-corrected chi connectivity index (χ1v) is 8.74. The normalized spacial score (nSPS) is 18.7. The molecule has 0 aromatic carbocycles. The Morgan fingerprint density at radius 1 is 1.42 bits per heavy atom. The molecule has 3 rings (SSSR count). The summed E-state index contributed by atoms with van der Waals surface area (Å²) in [5.41, 5.74) is 3.19. The number of rotatable bonds is 7. The molecule has 130 valence electrons. The number of carboxylic acid groups (broad SMARTS) is 1. The van der Waals surface area contributed by atoms with Gasteiger partial charge < -0.3 is 14.7 Å². The van der Waals surface area contributed by atoms with Gasteiger partial charge in [0.05, 0.1) is 24.0 Å². The van der Waals surface area contributed by atoms with E-state index in [1.54, 1.807) is 12.3 Å². The molecule has 1 atom stereocenters. The van der Waals surface area contributed by atoms with Gasteiger partial charge in [0.2, 0.25) is 0 Å². The lowest BCUT2D eigenvalue weighted by Crippen LogP contribution is -2.28. The van der Waals surface area contributed by atoms with E-state index in [4.69, 9.17) is 4.74 Å². The predicted octanol–water partition coefficient (Wildman–Crippen LogP) is 2.86. The maximum atomic E-state index is 11.5. The van der Waals surface area contributed by atoms with Crippen LogP contribution in [0.3, 0.4) is 0 Å². The standard InChI is InChI=1S/C19H26N2O3/c1-21(2)9-10-24-18(13-5-3-4-6-13)14-11-16-15(19(22)23)7-8-20-17(16)12-14/h7-8,12-13,18H,3-6,9-11H2,1-2H3,(H,22,23). The lowest BCUT2D eigenvalue weighted by molar-refractivity contribution is 0.0305. The molecule has 1 unspecified atom stereocenters. The van der Waals surface area contributed by atoms with Gasteiger partial charge in [-0.15, -0.1) is 0 Å². The molecule has 1 aromatic heterocycles. The smallest absolute Gasteiger partial charge is 0.336 e. The number of carboxylic acids is 1.